The van der Waals surface area contributed by atoms with Gasteiger partial charge in [-0.1, -0.05) is 62.7 Å². The Kier molecular flexibility index (Phi) is 7.43. The molecule has 1 N–H and O–H groups in total. The number of amides is 2. The van der Waals surface area contributed by atoms with Crippen molar-refractivity contribution >= 4 is 17.5 Å². The molecule has 3 heterocycles. The van der Waals surface area contributed by atoms with Gasteiger partial charge in [0.1, 0.15) is 6.04 Å². The quantitative estimate of drug-likeness (QED) is 0.444. The van der Waals surface area contributed by atoms with Crippen LogP contribution in [-0.2, 0) is 30.9 Å². The average molecular weight is 554 g/mol. The molecule has 0 saturated carbocycles. The number of ether oxygens (including phenoxy) is 2. The summed E-state index contributed by atoms with van der Waals surface area (Å²) in [6.07, 6.45) is 5.49. The monoisotopic (exact) mass is 553 g/mol. The number of fused-ring (bicyclic) bond motifs is 2. The third kappa shape index (κ3) is 5.41. The molecule has 0 radical (unpaired) electrons. The molecule has 2 aliphatic heterocycles. The normalized spacial score (nSPS) is 24.0. The van der Waals surface area contributed by atoms with Gasteiger partial charge in [-0.15, -0.1) is 0 Å². The van der Waals surface area contributed by atoms with E-state index in [1.165, 1.54) is 11.1 Å². The van der Waals surface area contributed by atoms with Gasteiger partial charge in [0.15, 0.2) is 0 Å². The summed E-state index contributed by atoms with van der Waals surface area (Å²) < 4.78 is 12.0. The Balaban J connectivity index is 1.40. The fraction of sp³-hybridized carbons (Fsp3) is 0.441. The van der Waals surface area contributed by atoms with Crippen molar-refractivity contribution in [2.24, 2.45) is 5.92 Å². The van der Waals surface area contributed by atoms with Gasteiger partial charge in [-0.2, -0.15) is 0 Å². The van der Waals surface area contributed by atoms with Crippen molar-refractivity contribution in [2.75, 3.05) is 18.1 Å². The first-order valence-corrected chi connectivity index (χ1v) is 14.7. The smallest absolute Gasteiger partial charge is 0.248 e. The molecule has 7 heteroatoms. The topological polar surface area (TPSA) is 80.8 Å². The number of pyridine rings is 1. The van der Waals surface area contributed by atoms with Crippen molar-refractivity contribution < 1.29 is 19.1 Å². The summed E-state index contributed by atoms with van der Waals surface area (Å²) in [7, 11) is 0. The van der Waals surface area contributed by atoms with Crippen molar-refractivity contribution in [1.82, 2.24) is 10.3 Å². The predicted octanol–water partition coefficient (Wildman–Crippen LogP) is 5.37. The summed E-state index contributed by atoms with van der Waals surface area (Å²) in [5, 5.41) is 3.31. The molecule has 1 aromatic heterocycles. The molecule has 1 aliphatic carbocycles. The van der Waals surface area contributed by atoms with Crippen LogP contribution in [0.5, 0.6) is 0 Å². The fourth-order valence-electron chi connectivity index (χ4n) is 6.49. The van der Waals surface area contributed by atoms with Crippen molar-refractivity contribution in [3.63, 3.8) is 0 Å². The number of hydrogen-bond acceptors (Lipinski definition) is 5. The van der Waals surface area contributed by atoms with Crippen molar-refractivity contribution in [1.29, 1.82) is 0 Å². The van der Waals surface area contributed by atoms with E-state index in [9.17, 15) is 9.59 Å². The summed E-state index contributed by atoms with van der Waals surface area (Å²) >= 11 is 0. The van der Waals surface area contributed by atoms with Crippen LogP contribution in [0.2, 0.25) is 0 Å². The first kappa shape index (κ1) is 27.6. The summed E-state index contributed by atoms with van der Waals surface area (Å²) in [6.45, 7) is 9.42. The first-order chi connectivity index (χ1) is 19.7. The van der Waals surface area contributed by atoms with Crippen LogP contribution in [-0.4, -0.2) is 42.2 Å². The lowest BCUT2D eigenvalue weighted by Crippen LogP contribution is -2.49. The predicted molar refractivity (Wildman–Crippen MR) is 158 cm³/mol. The number of carbonyl (C=O) groups excluding carboxylic acids is 2. The van der Waals surface area contributed by atoms with E-state index in [-0.39, 0.29) is 42.1 Å². The minimum absolute atomic E-state index is 0.0497. The molecule has 6 rings (SSSR count). The Morgan fingerprint density at radius 1 is 1.05 bits per heavy atom. The number of rotatable bonds is 6. The number of nitrogens with zero attached hydrogens (tertiary/aromatic N) is 2. The van der Waals surface area contributed by atoms with Gasteiger partial charge in [-0.25, -0.2) is 0 Å². The van der Waals surface area contributed by atoms with Crippen molar-refractivity contribution in [3.8, 4) is 0 Å². The van der Waals surface area contributed by atoms with E-state index in [1.807, 2.05) is 36.4 Å². The van der Waals surface area contributed by atoms with Gasteiger partial charge < -0.3 is 14.8 Å². The Morgan fingerprint density at radius 2 is 1.85 bits per heavy atom. The Bertz CT molecular complexity index is 1420. The number of aromatic nitrogens is 1. The molecule has 5 atom stereocenters. The van der Waals surface area contributed by atoms with E-state index in [0.717, 1.165) is 30.4 Å². The maximum Gasteiger partial charge on any atom is 0.248 e. The number of anilines is 1. The fourth-order valence-corrected chi connectivity index (χ4v) is 6.49. The van der Waals surface area contributed by atoms with E-state index >= 15 is 0 Å². The molecule has 41 heavy (non-hydrogen) atoms. The van der Waals surface area contributed by atoms with Gasteiger partial charge in [-0.3, -0.25) is 19.5 Å². The molecule has 2 fully saturated rings. The minimum Gasteiger partial charge on any atom is -0.374 e. The van der Waals surface area contributed by atoms with Crippen molar-refractivity contribution in [2.45, 2.75) is 76.7 Å². The first-order valence-electron chi connectivity index (χ1n) is 14.7. The van der Waals surface area contributed by atoms with Crippen LogP contribution in [0.15, 0.2) is 67.0 Å². The number of aryl methyl sites for hydroxylation is 2. The van der Waals surface area contributed by atoms with Gasteiger partial charge in [0.05, 0.1) is 30.8 Å². The Morgan fingerprint density at radius 3 is 2.59 bits per heavy atom. The molecular weight excluding hydrogens is 514 g/mol. The second kappa shape index (κ2) is 11.0. The lowest BCUT2D eigenvalue weighted by molar-refractivity contribution is -0.130. The summed E-state index contributed by atoms with van der Waals surface area (Å²) in [5.41, 5.74) is 6.05. The zero-order valence-corrected chi connectivity index (χ0v) is 24.3. The second-order valence-corrected chi connectivity index (χ2v) is 12.6. The maximum absolute atomic E-state index is 14.5. The lowest BCUT2D eigenvalue weighted by Gasteiger charge is -2.35. The Labute approximate surface area is 242 Å². The van der Waals surface area contributed by atoms with Crippen LogP contribution < -0.4 is 10.2 Å². The maximum atomic E-state index is 14.5. The molecule has 2 saturated heterocycles. The van der Waals surface area contributed by atoms with E-state index < -0.39 is 12.0 Å². The number of nitrogens with one attached hydrogen (secondary N) is 1. The second-order valence-electron chi connectivity index (χ2n) is 12.6. The molecule has 3 aliphatic rings. The largest absolute Gasteiger partial charge is 0.374 e. The van der Waals surface area contributed by atoms with Gasteiger partial charge >= 0.3 is 0 Å². The minimum atomic E-state index is -0.911. The number of carbonyl (C=O) groups is 2. The molecule has 0 bridgehead atoms. The number of benzene rings is 2. The van der Waals surface area contributed by atoms with Gasteiger partial charge in [0, 0.05) is 30.3 Å². The highest BCUT2D eigenvalue weighted by molar-refractivity contribution is 6.03. The van der Waals surface area contributed by atoms with E-state index in [1.54, 1.807) is 17.3 Å². The molecule has 7 nitrogen and oxygen atoms in total. The highest BCUT2D eigenvalue weighted by Gasteiger charge is 2.49. The van der Waals surface area contributed by atoms with Crippen LogP contribution in [0.1, 0.15) is 73.5 Å². The average Bonchev–Trinajstić information content (AvgIpc) is 3.68. The number of hydrogen-bond donors (Lipinski definition) is 1. The molecule has 214 valence electrons. The van der Waals surface area contributed by atoms with Crippen LogP contribution in [0.3, 0.4) is 0 Å². The van der Waals surface area contributed by atoms with Gasteiger partial charge in [0.2, 0.25) is 11.8 Å². The highest BCUT2D eigenvalue weighted by Crippen LogP contribution is 2.38. The van der Waals surface area contributed by atoms with Crippen LogP contribution >= 0.6 is 0 Å². The van der Waals surface area contributed by atoms with Crippen LogP contribution in [0.25, 0.3) is 0 Å². The van der Waals surface area contributed by atoms with E-state index in [4.69, 9.17) is 9.47 Å². The summed E-state index contributed by atoms with van der Waals surface area (Å²) in [5.74, 6) is -0.895. The van der Waals surface area contributed by atoms with Crippen molar-refractivity contribution in [3.05, 3.63) is 94.8 Å². The van der Waals surface area contributed by atoms with Gasteiger partial charge in [-0.05, 0) is 66.5 Å². The zero-order valence-electron chi connectivity index (χ0n) is 24.3. The van der Waals surface area contributed by atoms with Gasteiger partial charge in [0.25, 0.3) is 0 Å². The molecule has 2 aromatic carbocycles. The third-order valence-corrected chi connectivity index (χ3v) is 8.73. The summed E-state index contributed by atoms with van der Waals surface area (Å²) in [6, 6.07) is 17.0. The zero-order chi connectivity index (χ0) is 28.7. The van der Waals surface area contributed by atoms with Crippen LogP contribution in [0, 0.1) is 12.8 Å². The molecule has 3 aromatic rings. The molecule has 2 amide bonds. The standard InChI is InChI=1S/C34H39N3O4/c1-21-7-13-26-22(18-21)8-14-28(26)36-32(38)30(23-6-5-16-35-19-23)37(25-11-9-24(10-12-25)34(2,3)4)33(39)27-20-41-29-15-17-40-31(27)29/h5-7,9-13,16,18-19,27-31H,8,14-15,17,20H2,1-4H3,(H,36,38)/t27?,28-,29?,30?,31?/m0/s1. The molecule has 4 unspecified atom stereocenters. The van der Waals surface area contributed by atoms with E-state index in [0.29, 0.717) is 17.9 Å². The Hall–Kier alpha value is -3.55. The molecule has 0 spiro atoms. The van der Waals surface area contributed by atoms with E-state index in [2.05, 4.69) is 56.2 Å². The van der Waals surface area contributed by atoms with Crippen LogP contribution in [0.4, 0.5) is 5.69 Å². The SMILES string of the molecule is Cc1ccc2c(c1)CC[C@@H]2NC(=O)C(c1cccnc1)N(C(=O)C1COC2CCOC21)c1ccc(C(C)(C)C)cc1. The third-order valence-electron chi connectivity index (χ3n) is 8.73. The highest BCUT2D eigenvalue weighted by atomic mass is 16.6. The lowest BCUT2D eigenvalue weighted by atomic mass is 9.87. The summed E-state index contributed by atoms with van der Waals surface area (Å²) in [4.78, 5) is 34.9. The molecular formula is C34H39N3O4.